The number of rotatable bonds is 6. The maximum atomic E-state index is 5.48. The van der Waals surface area contributed by atoms with Crippen LogP contribution in [0.1, 0.15) is 51.3 Å². The Morgan fingerprint density at radius 3 is 2.36 bits per heavy atom. The average Bonchev–Trinajstić information content (AvgIpc) is 2.85. The van der Waals surface area contributed by atoms with Crippen LogP contribution < -0.4 is 15.4 Å². The van der Waals surface area contributed by atoms with Crippen LogP contribution in [0.4, 0.5) is 17.3 Å². The molecule has 1 aliphatic rings. The van der Waals surface area contributed by atoms with Crippen LogP contribution in [0.3, 0.4) is 0 Å². The minimum atomic E-state index is 0.523. The van der Waals surface area contributed by atoms with Gasteiger partial charge in [0.15, 0.2) is 0 Å². The molecule has 1 saturated carbocycles. The van der Waals surface area contributed by atoms with Crippen molar-refractivity contribution in [2.45, 2.75) is 58.4 Å². The predicted molar refractivity (Wildman–Crippen MR) is 103 cm³/mol. The van der Waals surface area contributed by atoms with Gasteiger partial charge in [0.25, 0.3) is 0 Å². The molecule has 0 unspecified atom stereocenters. The second-order valence-electron chi connectivity index (χ2n) is 6.60. The molecular weight excluding hydrogens is 312 g/mol. The van der Waals surface area contributed by atoms with Crippen LogP contribution in [0.25, 0.3) is 0 Å². The highest BCUT2D eigenvalue weighted by molar-refractivity contribution is 5.60. The normalized spacial score (nSPS) is 15.4. The van der Waals surface area contributed by atoms with Crippen LogP contribution in [0.2, 0.25) is 0 Å². The molecule has 1 aromatic carbocycles. The van der Waals surface area contributed by atoms with Gasteiger partial charge in [-0.2, -0.15) is 0 Å². The lowest BCUT2D eigenvalue weighted by Gasteiger charge is -2.18. The van der Waals surface area contributed by atoms with Crippen molar-refractivity contribution in [3.05, 3.63) is 36.2 Å². The van der Waals surface area contributed by atoms with E-state index in [4.69, 9.17) is 4.74 Å². The molecule has 0 bridgehead atoms. The molecule has 25 heavy (non-hydrogen) atoms. The summed E-state index contributed by atoms with van der Waals surface area (Å²) in [4.78, 5) is 9.06. The van der Waals surface area contributed by atoms with Gasteiger partial charge in [0.05, 0.1) is 6.61 Å². The maximum Gasteiger partial charge on any atom is 0.136 e. The lowest BCUT2D eigenvalue weighted by atomic mass is 10.1. The first-order valence-electron chi connectivity index (χ1n) is 9.35. The maximum absolute atomic E-state index is 5.48. The van der Waals surface area contributed by atoms with Crippen molar-refractivity contribution in [3.63, 3.8) is 0 Å². The van der Waals surface area contributed by atoms with Crippen LogP contribution in [-0.4, -0.2) is 22.6 Å². The summed E-state index contributed by atoms with van der Waals surface area (Å²) < 4.78 is 5.48. The molecular formula is C20H28N4O. The van der Waals surface area contributed by atoms with Crippen molar-refractivity contribution in [1.29, 1.82) is 0 Å². The third kappa shape index (κ3) is 5.34. The highest BCUT2D eigenvalue weighted by Gasteiger charge is 2.13. The van der Waals surface area contributed by atoms with E-state index in [9.17, 15) is 0 Å². The molecule has 0 saturated heterocycles. The number of hydrogen-bond acceptors (Lipinski definition) is 5. The summed E-state index contributed by atoms with van der Waals surface area (Å²) in [6.07, 6.45) is 7.77. The molecule has 0 aliphatic heterocycles. The first-order chi connectivity index (χ1) is 12.2. The van der Waals surface area contributed by atoms with E-state index in [2.05, 4.69) is 20.6 Å². The van der Waals surface area contributed by atoms with Gasteiger partial charge in [0, 0.05) is 17.8 Å². The fourth-order valence-corrected chi connectivity index (χ4v) is 3.29. The molecule has 0 amide bonds. The first-order valence-corrected chi connectivity index (χ1v) is 9.35. The molecule has 5 heteroatoms. The molecule has 1 heterocycles. The van der Waals surface area contributed by atoms with E-state index in [0.717, 1.165) is 28.9 Å². The Bertz CT molecular complexity index is 664. The lowest BCUT2D eigenvalue weighted by molar-refractivity contribution is 0.340. The summed E-state index contributed by atoms with van der Waals surface area (Å²) in [6.45, 7) is 4.59. The molecule has 1 aromatic heterocycles. The summed E-state index contributed by atoms with van der Waals surface area (Å²) in [5.41, 5.74) is 0.988. The second-order valence-corrected chi connectivity index (χ2v) is 6.60. The van der Waals surface area contributed by atoms with Gasteiger partial charge in [-0.3, -0.25) is 0 Å². The number of aryl methyl sites for hydroxylation is 1. The van der Waals surface area contributed by atoms with Gasteiger partial charge in [0.2, 0.25) is 0 Å². The van der Waals surface area contributed by atoms with Crippen molar-refractivity contribution in [2.75, 3.05) is 17.2 Å². The van der Waals surface area contributed by atoms with E-state index in [1.165, 1.54) is 38.5 Å². The zero-order valence-electron chi connectivity index (χ0n) is 15.2. The molecule has 0 atom stereocenters. The van der Waals surface area contributed by atoms with E-state index in [0.29, 0.717) is 12.6 Å². The number of aromatic nitrogens is 2. The molecule has 2 N–H and O–H groups in total. The Kier molecular flexibility index (Phi) is 6.09. The third-order valence-electron chi connectivity index (χ3n) is 4.48. The number of ether oxygens (including phenoxy) is 1. The van der Waals surface area contributed by atoms with Crippen molar-refractivity contribution in [3.8, 4) is 5.75 Å². The van der Waals surface area contributed by atoms with Crippen molar-refractivity contribution < 1.29 is 4.74 Å². The van der Waals surface area contributed by atoms with Crippen LogP contribution in [0.5, 0.6) is 5.75 Å². The van der Waals surface area contributed by atoms with E-state index in [1.807, 2.05) is 44.2 Å². The number of anilines is 3. The van der Waals surface area contributed by atoms with Crippen molar-refractivity contribution in [1.82, 2.24) is 9.97 Å². The molecule has 5 nitrogen and oxygen atoms in total. The smallest absolute Gasteiger partial charge is 0.136 e. The molecule has 2 aromatic rings. The molecule has 134 valence electrons. The van der Waals surface area contributed by atoms with E-state index < -0.39 is 0 Å². The van der Waals surface area contributed by atoms with Gasteiger partial charge in [-0.15, -0.1) is 0 Å². The fourth-order valence-electron chi connectivity index (χ4n) is 3.29. The quantitative estimate of drug-likeness (QED) is 0.720. The highest BCUT2D eigenvalue weighted by Crippen LogP contribution is 2.23. The van der Waals surface area contributed by atoms with Crippen LogP contribution in [-0.2, 0) is 0 Å². The largest absolute Gasteiger partial charge is 0.494 e. The van der Waals surface area contributed by atoms with E-state index in [-0.39, 0.29) is 0 Å². The van der Waals surface area contributed by atoms with E-state index in [1.54, 1.807) is 0 Å². The molecule has 1 fully saturated rings. The average molecular weight is 340 g/mol. The number of nitrogens with zero attached hydrogens (tertiary/aromatic N) is 2. The van der Waals surface area contributed by atoms with Crippen LogP contribution >= 0.6 is 0 Å². The monoisotopic (exact) mass is 340 g/mol. The Hall–Kier alpha value is -2.30. The Labute approximate surface area is 150 Å². The molecule has 1 aliphatic carbocycles. The highest BCUT2D eigenvalue weighted by atomic mass is 16.5. The second kappa shape index (κ2) is 8.70. The molecule has 3 rings (SSSR count). The van der Waals surface area contributed by atoms with Crippen LogP contribution in [0, 0.1) is 6.92 Å². The summed E-state index contributed by atoms with van der Waals surface area (Å²) in [7, 11) is 0. The summed E-state index contributed by atoms with van der Waals surface area (Å²) in [6, 6.07) is 10.4. The van der Waals surface area contributed by atoms with Crippen LogP contribution in [0.15, 0.2) is 30.3 Å². The summed E-state index contributed by atoms with van der Waals surface area (Å²) >= 11 is 0. The summed E-state index contributed by atoms with van der Waals surface area (Å²) in [5, 5.41) is 6.96. The Morgan fingerprint density at radius 2 is 1.68 bits per heavy atom. The van der Waals surface area contributed by atoms with Gasteiger partial charge in [-0.05, 0) is 51.0 Å². The van der Waals surface area contributed by atoms with Crippen molar-refractivity contribution in [2.24, 2.45) is 0 Å². The minimum Gasteiger partial charge on any atom is -0.494 e. The lowest BCUT2D eigenvalue weighted by Crippen LogP contribution is -2.19. The first kappa shape index (κ1) is 17.5. The number of nitrogens with one attached hydrogen (secondary N) is 2. The number of benzene rings is 1. The fraction of sp³-hybridized carbons (Fsp3) is 0.500. The zero-order valence-corrected chi connectivity index (χ0v) is 15.2. The molecule has 0 spiro atoms. The molecule has 0 radical (unpaired) electrons. The zero-order chi connectivity index (χ0) is 17.5. The van der Waals surface area contributed by atoms with Gasteiger partial charge >= 0.3 is 0 Å². The minimum absolute atomic E-state index is 0.523. The SMILES string of the molecule is CCOc1ccc(Nc2cc(NC3CCCCCC3)nc(C)n2)cc1. The predicted octanol–water partition coefficient (Wildman–Crippen LogP) is 5.06. The summed E-state index contributed by atoms with van der Waals surface area (Å²) in [5.74, 6) is 3.37. The Morgan fingerprint density at radius 1 is 1.00 bits per heavy atom. The number of hydrogen-bond donors (Lipinski definition) is 2. The van der Waals surface area contributed by atoms with Gasteiger partial charge in [0.1, 0.15) is 23.2 Å². The van der Waals surface area contributed by atoms with Crippen molar-refractivity contribution >= 4 is 17.3 Å². The Balaban J connectivity index is 1.68. The van der Waals surface area contributed by atoms with Gasteiger partial charge in [-0.1, -0.05) is 25.7 Å². The van der Waals surface area contributed by atoms with Gasteiger partial charge < -0.3 is 15.4 Å². The topological polar surface area (TPSA) is 59.1 Å². The third-order valence-corrected chi connectivity index (χ3v) is 4.48. The van der Waals surface area contributed by atoms with Gasteiger partial charge in [-0.25, -0.2) is 9.97 Å². The standard InChI is InChI=1S/C20H28N4O/c1-3-25-18-12-10-17(11-13-18)24-20-14-19(21-15(2)22-20)23-16-8-6-4-5-7-9-16/h10-14,16H,3-9H2,1-2H3,(H2,21,22,23,24). The van der Waals surface area contributed by atoms with E-state index >= 15 is 0 Å².